The Balaban J connectivity index is 1.60. The standard InChI is InChI=1S/C31H52O/c1-20-18-31(9)21(22-19-26(2,3)16-17-28(20,22)6)10-11-24-29(7)14-13-25(32)27(4,5)23(29)12-15-30(24,31)8/h10,20,22-25,32H,11-19H2,1-9H3. The minimum absolute atomic E-state index is 0.0467. The molecule has 5 aliphatic rings. The molecule has 4 saturated carbocycles. The van der Waals surface area contributed by atoms with Gasteiger partial charge in [0.1, 0.15) is 0 Å². The predicted molar refractivity (Wildman–Crippen MR) is 135 cm³/mol. The van der Waals surface area contributed by atoms with E-state index in [1.165, 1.54) is 51.4 Å². The second-order valence-corrected chi connectivity index (χ2v) is 15.7. The second-order valence-electron chi connectivity index (χ2n) is 15.7. The highest BCUT2D eigenvalue weighted by molar-refractivity contribution is 5.34. The maximum absolute atomic E-state index is 10.9. The molecule has 32 heavy (non-hydrogen) atoms. The third-order valence-electron chi connectivity index (χ3n) is 13.6. The fourth-order valence-electron chi connectivity index (χ4n) is 11.0. The molecule has 1 N–H and O–H groups in total. The highest BCUT2D eigenvalue weighted by Crippen LogP contribution is 2.76. The number of aliphatic hydroxyl groups is 1. The van der Waals surface area contributed by atoms with Crippen molar-refractivity contribution in [2.75, 3.05) is 0 Å². The molecule has 5 aliphatic carbocycles. The summed E-state index contributed by atoms with van der Waals surface area (Å²) in [5, 5.41) is 10.9. The van der Waals surface area contributed by atoms with Crippen LogP contribution in [0.25, 0.3) is 0 Å². The minimum atomic E-state index is -0.130. The third-order valence-corrected chi connectivity index (χ3v) is 13.6. The molecule has 1 heteroatoms. The zero-order chi connectivity index (χ0) is 23.5. The van der Waals surface area contributed by atoms with Crippen LogP contribution in [0, 0.1) is 56.2 Å². The van der Waals surface area contributed by atoms with E-state index < -0.39 is 0 Å². The Morgan fingerprint density at radius 2 is 1.47 bits per heavy atom. The zero-order valence-electron chi connectivity index (χ0n) is 22.8. The van der Waals surface area contributed by atoms with E-state index in [1.807, 2.05) is 5.57 Å². The summed E-state index contributed by atoms with van der Waals surface area (Å²) in [6.07, 6.45) is 14.4. The quantitative estimate of drug-likeness (QED) is 0.375. The topological polar surface area (TPSA) is 20.2 Å². The molecule has 9 atom stereocenters. The fraction of sp³-hybridized carbons (Fsp3) is 0.935. The van der Waals surface area contributed by atoms with Crippen LogP contribution in [0.2, 0.25) is 0 Å². The van der Waals surface area contributed by atoms with Gasteiger partial charge < -0.3 is 5.11 Å². The lowest BCUT2D eigenvalue weighted by molar-refractivity contribution is -0.207. The Morgan fingerprint density at radius 3 is 2.16 bits per heavy atom. The lowest BCUT2D eigenvalue weighted by Gasteiger charge is -2.72. The van der Waals surface area contributed by atoms with Crippen LogP contribution in [-0.4, -0.2) is 11.2 Å². The van der Waals surface area contributed by atoms with E-state index >= 15 is 0 Å². The van der Waals surface area contributed by atoms with Gasteiger partial charge in [0.25, 0.3) is 0 Å². The van der Waals surface area contributed by atoms with Crippen molar-refractivity contribution in [2.45, 2.75) is 126 Å². The van der Waals surface area contributed by atoms with Gasteiger partial charge in [0, 0.05) is 0 Å². The zero-order valence-corrected chi connectivity index (χ0v) is 22.8. The first-order valence-corrected chi connectivity index (χ1v) is 14.0. The van der Waals surface area contributed by atoms with Gasteiger partial charge in [0.2, 0.25) is 0 Å². The lowest BCUT2D eigenvalue weighted by Crippen LogP contribution is -2.65. The van der Waals surface area contributed by atoms with E-state index in [-0.39, 0.29) is 11.5 Å². The van der Waals surface area contributed by atoms with E-state index in [4.69, 9.17) is 0 Å². The largest absolute Gasteiger partial charge is 0.393 e. The van der Waals surface area contributed by atoms with Gasteiger partial charge in [-0.15, -0.1) is 0 Å². The Morgan fingerprint density at radius 1 is 0.781 bits per heavy atom. The molecular formula is C31H52O. The number of aliphatic hydroxyl groups excluding tert-OH is 1. The number of allylic oxidation sites excluding steroid dienone is 2. The highest BCUT2D eigenvalue weighted by atomic mass is 16.3. The molecule has 0 aromatic carbocycles. The third kappa shape index (κ3) is 2.73. The van der Waals surface area contributed by atoms with E-state index in [2.05, 4.69) is 68.4 Å². The average Bonchev–Trinajstić information content (AvgIpc) is 2.68. The molecule has 0 aromatic rings. The Hall–Kier alpha value is -0.300. The van der Waals surface area contributed by atoms with Crippen molar-refractivity contribution >= 4 is 0 Å². The molecule has 0 heterocycles. The van der Waals surface area contributed by atoms with Crippen molar-refractivity contribution < 1.29 is 5.11 Å². The number of rotatable bonds is 0. The van der Waals surface area contributed by atoms with Gasteiger partial charge in [-0.1, -0.05) is 74.0 Å². The van der Waals surface area contributed by atoms with Gasteiger partial charge in [-0.05, 0) is 114 Å². The molecule has 182 valence electrons. The summed E-state index contributed by atoms with van der Waals surface area (Å²) in [5.74, 6) is 2.97. The van der Waals surface area contributed by atoms with Gasteiger partial charge in [0.05, 0.1) is 6.10 Å². The lowest BCUT2D eigenvalue weighted by atomic mass is 9.33. The van der Waals surface area contributed by atoms with Gasteiger partial charge in [0.15, 0.2) is 0 Å². The monoisotopic (exact) mass is 440 g/mol. The van der Waals surface area contributed by atoms with Crippen molar-refractivity contribution in [3.8, 4) is 0 Å². The van der Waals surface area contributed by atoms with Crippen LogP contribution in [0.3, 0.4) is 0 Å². The molecular weight excluding hydrogens is 388 g/mol. The van der Waals surface area contributed by atoms with Crippen molar-refractivity contribution in [1.82, 2.24) is 0 Å². The normalized spacial score (nSPS) is 56.2. The van der Waals surface area contributed by atoms with E-state index in [1.54, 1.807) is 0 Å². The first-order chi connectivity index (χ1) is 14.6. The molecule has 0 bridgehead atoms. The summed E-state index contributed by atoms with van der Waals surface area (Å²) in [5.41, 5.74) is 3.97. The first-order valence-electron chi connectivity index (χ1n) is 14.0. The van der Waals surface area contributed by atoms with Crippen LogP contribution >= 0.6 is 0 Å². The summed E-state index contributed by atoms with van der Waals surface area (Å²) < 4.78 is 0. The maximum Gasteiger partial charge on any atom is 0.0594 e. The van der Waals surface area contributed by atoms with E-state index in [0.29, 0.717) is 33.0 Å². The molecule has 0 aliphatic heterocycles. The van der Waals surface area contributed by atoms with Crippen molar-refractivity contribution in [2.24, 2.45) is 56.2 Å². The van der Waals surface area contributed by atoms with Gasteiger partial charge in [-0.3, -0.25) is 0 Å². The molecule has 0 radical (unpaired) electrons. The van der Waals surface area contributed by atoms with Crippen LogP contribution in [0.15, 0.2) is 11.6 Å². The number of hydrogen-bond acceptors (Lipinski definition) is 1. The molecule has 0 spiro atoms. The SMILES string of the molecule is CC1CC2(C)C(=CCC3C4(C)CCC(O)C(C)(C)C4CCC32C)C2CC(C)(C)CCC12C. The van der Waals surface area contributed by atoms with Crippen molar-refractivity contribution in [3.63, 3.8) is 0 Å². The summed E-state index contributed by atoms with van der Waals surface area (Å²) >= 11 is 0. The van der Waals surface area contributed by atoms with Gasteiger partial charge >= 0.3 is 0 Å². The second kappa shape index (κ2) is 6.67. The molecule has 0 aromatic heterocycles. The summed E-state index contributed by atoms with van der Waals surface area (Å²) in [7, 11) is 0. The molecule has 1 nitrogen and oxygen atoms in total. The van der Waals surface area contributed by atoms with Crippen LogP contribution < -0.4 is 0 Å². The van der Waals surface area contributed by atoms with Crippen LogP contribution in [-0.2, 0) is 0 Å². The van der Waals surface area contributed by atoms with Crippen molar-refractivity contribution in [3.05, 3.63) is 11.6 Å². The number of fused-ring (bicyclic) bond motifs is 7. The molecule has 0 saturated heterocycles. The van der Waals surface area contributed by atoms with Gasteiger partial charge in [-0.25, -0.2) is 0 Å². The van der Waals surface area contributed by atoms with Crippen molar-refractivity contribution in [1.29, 1.82) is 0 Å². The Labute approximate surface area is 199 Å². The van der Waals surface area contributed by atoms with Gasteiger partial charge in [-0.2, -0.15) is 0 Å². The summed E-state index contributed by atoms with van der Waals surface area (Å²) in [6.45, 7) is 23.1. The predicted octanol–water partition coefficient (Wildman–Crippen LogP) is 8.41. The Bertz CT molecular complexity index is 820. The molecule has 9 unspecified atom stereocenters. The molecule has 0 amide bonds. The fourth-order valence-corrected chi connectivity index (χ4v) is 11.0. The smallest absolute Gasteiger partial charge is 0.0594 e. The summed E-state index contributed by atoms with van der Waals surface area (Å²) in [6, 6.07) is 0. The average molecular weight is 441 g/mol. The van der Waals surface area contributed by atoms with Crippen LogP contribution in [0.4, 0.5) is 0 Å². The Kier molecular flexibility index (Phi) is 4.89. The maximum atomic E-state index is 10.9. The summed E-state index contributed by atoms with van der Waals surface area (Å²) in [4.78, 5) is 0. The molecule has 5 rings (SSSR count). The molecule has 4 fully saturated rings. The van der Waals surface area contributed by atoms with E-state index in [9.17, 15) is 5.11 Å². The van der Waals surface area contributed by atoms with E-state index in [0.717, 1.165) is 24.2 Å². The van der Waals surface area contributed by atoms with Crippen LogP contribution in [0.1, 0.15) is 120 Å². The van der Waals surface area contributed by atoms with Crippen LogP contribution in [0.5, 0.6) is 0 Å². The first kappa shape index (κ1) is 23.4. The minimum Gasteiger partial charge on any atom is -0.393 e. The highest BCUT2D eigenvalue weighted by Gasteiger charge is 2.68. The number of hydrogen-bond donors (Lipinski definition) is 1.